The number of halogens is 2. The molecule has 6 rings (SSSR count). The van der Waals surface area contributed by atoms with Crippen LogP contribution in [0.3, 0.4) is 0 Å². The molecule has 0 N–H and O–H groups in total. The van der Waals surface area contributed by atoms with Gasteiger partial charge in [-0.3, -0.25) is 0 Å². The van der Waals surface area contributed by atoms with Crippen LogP contribution in [0, 0.1) is 13.8 Å². The average Bonchev–Trinajstić information content (AvgIpc) is 3.65. The van der Waals surface area contributed by atoms with Crippen LogP contribution in [0.4, 0.5) is 0 Å². The normalized spacial score (nSPS) is 17.2. The molecule has 0 aromatic heterocycles. The summed E-state index contributed by atoms with van der Waals surface area (Å²) in [6.07, 6.45) is 6.38. The van der Waals surface area contributed by atoms with Crippen LogP contribution >= 0.6 is 24.8 Å². The van der Waals surface area contributed by atoms with Crippen molar-refractivity contribution < 1.29 is 17.4 Å². The van der Waals surface area contributed by atoms with E-state index < -0.39 is 17.4 Å². The first-order chi connectivity index (χ1) is 23.0. The number of rotatable bonds is 7. The Bertz CT molecular complexity index is 2060. The van der Waals surface area contributed by atoms with E-state index in [1.165, 1.54) is 63.9 Å². The number of hydrogen-bond donors (Lipinski definition) is 0. The Labute approximate surface area is 325 Å². The molecule has 2 aliphatic rings. The Balaban J connectivity index is 0.00000292. The van der Waals surface area contributed by atoms with Crippen LogP contribution in [0.5, 0.6) is 0 Å². The molecule has 2 unspecified atom stereocenters. The third-order valence-corrected chi connectivity index (χ3v) is 43.8. The van der Waals surface area contributed by atoms with Crippen molar-refractivity contribution in [3.8, 4) is 22.3 Å². The number of aryl methyl sites for hydroxylation is 2. The third-order valence-electron chi connectivity index (χ3n) is 13.0. The smallest absolute Gasteiger partial charge is 0.147 e. The van der Waals surface area contributed by atoms with E-state index >= 15 is 0 Å². The zero-order valence-electron chi connectivity index (χ0n) is 33.4. The van der Waals surface area contributed by atoms with Crippen molar-refractivity contribution in [2.75, 3.05) is 0 Å². The first kappa shape index (κ1) is 41.8. The van der Waals surface area contributed by atoms with Gasteiger partial charge >= 0.3 is 303 Å². The van der Waals surface area contributed by atoms with E-state index in [4.69, 9.17) is 0 Å². The summed E-state index contributed by atoms with van der Waals surface area (Å²) >= 11 is -3.82. The van der Waals surface area contributed by atoms with Gasteiger partial charge in [0.2, 0.25) is 0 Å². The Morgan fingerprint density at radius 3 is 1.31 bits per heavy atom. The van der Waals surface area contributed by atoms with E-state index in [-0.39, 0.29) is 35.6 Å². The Kier molecular flexibility index (Phi) is 12.0. The Hall–Kier alpha value is -1.96. The molecule has 51 heavy (non-hydrogen) atoms. The number of fused-ring (bicyclic) bond motifs is 2. The molecule has 2 aliphatic carbocycles. The minimum Gasteiger partial charge on any atom is -0.147 e. The molecule has 4 aromatic carbocycles. The van der Waals surface area contributed by atoms with Gasteiger partial charge in [-0.05, 0) is 0 Å². The summed E-state index contributed by atoms with van der Waals surface area (Å²) in [6.45, 7) is 31.2. The summed E-state index contributed by atoms with van der Waals surface area (Å²) in [6, 6.07) is 28.6. The van der Waals surface area contributed by atoms with Gasteiger partial charge in [-0.25, -0.2) is 0 Å². The number of allylic oxidation sites excluding steroid dienone is 2. The second kappa shape index (κ2) is 14.7. The summed E-state index contributed by atoms with van der Waals surface area (Å²) in [4.78, 5) is 0. The fourth-order valence-electron chi connectivity index (χ4n) is 9.80. The molecule has 2 atom stereocenters. The number of benzene rings is 4. The van der Waals surface area contributed by atoms with Gasteiger partial charge in [-0.2, -0.15) is 0 Å². The van der Waals surface area contributed by atoms with Gasteiger partial charge in [-0.15, -0.1) is 24.8 Å². The van der Waals surface area contributed by atoms with E-state index in [2.05, 4.69) is 175 Å². The zero-order chi connectivity index (χ0) is 35.7. The standard InChI is InChI=1S/C22H25.C21H23.2C2H5.2ClH.H2Si.Zr/c1-6-16-13-20-15(2)7-12-19(21(20)14-16)17-8-10-18(11-9-17)22(3,4)5;1-14-12-19-15(2)6-11-18(20(19)13-14)16-7-9-17(10-8-16)21(3,4)5;2*1-2;;;;/h7-14H,6H2,1-5H3;6-13H,1-5H3;2*1H2,2H3;2*1H;1H2;. The summed E-state index contributed by atoms with van der Waals surface area (Å²) in [7, 11) is 0. The summed E-state index contributed by atoms with van der Waals surface area (Å²) in [5.41, 5.74) is 21.1. The van der Waals surface area contributed by atoms with E-state index in [1.807, 2.05) is 0 Å². The van der Waals surface area contributed by atoms with Gasteiger partial charge in [-0.1, -0.05) is 0 Å². The van der Waals surface area contributed by atoms with Crippen molar-refractivity contribution in [3.05, 3.63) is 128 Å². The Morgan fingerprint density at radius 1 is 0.549 bits per heavy atom. The second-order valence-corrected chi connectivity index (χ2v) is 45.4. The first-order valence-corrected chi connectivity index (χ1v) is 31.1. The minimum absolute atomic E-state index is 0. The maximum atomic E-state index is 2.65. The van der Waals surface area contributed by atoms with E-state index in [9.17, 15) is 0 Å². The fraction of sp³-hybridized carbons (Fsp3) is 0.404. The maximum absolute atomic E-state index is 3.82. The van der Waals surface area contributed by atoms with Crippen LogP contribution in [-0.4, -0.2) is 6.88 Å². The van der Waals surface area contributed by atoms with Crippen molar-refractivity contribution in [1.29, 1.82) is 0 Å². The van der Waals surface area contributed by atoms with Gasteiger partial charge in [0.15, 0.2) is 0 Å². The molecular formula is C47H62Cl2SiZr. The summed E-state index contributed by atoms with van der Waals surface area (Å²) < 4.78 is 3.73. The molecule has 0 spiro atoms. The predicted molar refractivity (Wildman–Crippen MR) is 232 cm³/mol. The summed E-state index contributed by atoms with van der Waals surface area (Å²) in [5, 5.41) is 0. The van der Waals surface area contributed by atoms with Crippen LogP contribution in [-0.2, 0) is 28.2 Å². The quantitative estimate of drug-likeness (QED) is 0.163. The molecule has 0 nitrogen and oxygen atoms in total. The summed E-state index contributed by atoms with van der Waals surface area (Å²) in [5.74, 6) is 0. The molecule has 272 valence electrons. The van der Waals surface area contributed by atoms with Crippen LogP contribution in [0.25, 0.3) is 34.4 Å². The third kappa shape index (κ3) is 6.84. The molecule has 0 saturated carbocycles. The second-order valence-electron chi connectivity index (χ2n) is 17.8. The molecule has 4 heteroatoms. The average molecular weight is 817 g/mol. The molecule has 0 bridgehead atoms. The molecular weight excluding hydrogens is 755 g/mol. The molecule has 0 heterocycles. The van der Waals surface area contributed by atoms with E-state index in [1.54, 1.807) is 22.3 Å². The monoisotopic (exact) mass is 814 g/mol. The van der Waals surface area contributed by atoms with Gasteiger partial charge in [0.1, 0.15) is 0 Å². The van der Waals surface area contributed by atoms with E-state index in [0.29, 0.717) is 7.25 Å². The number of hydrogen-bond acceptors (Lipinski definition) is 0. The van der Waals surface area contributed by atoms with Crippen molar-refractivity contribution >= 4 is 43.8 Å². The van der Waals surface area contributed by atoms with Gasteiger partial charge in [0.05, 0.1) is 0 Å². The Morgan fingerprint density at radius 2 is 0.941 bits per heavy atom. The molecule has 0 aliphatic heterocycles. The maximum Gasteiger partial charge on any atom is -0.147 e. The molecule has 0 fully saturated rings. The van der Waals surface area contributed by atoms with Crippen LogP contribution < -0.4 is 0 Å². The zero-order valence-corrected chi connectivity index (χ0v) is 38.9. The van der Waals surface area contributed by atoms with Crippen molar-refractivity contribution in [2.24, 2.45) is 0 Å². The largest absolute Gasteiger partial charge is 0.147 e. The topological polar surface area (TPSA) is 0 Å². The van der Waals surface area contributed by atoms with Crippen molar-refractivity contribution in [3.63, 3.8) is 0 Å². The van der Waals surface area contributed by atoms with Crippen molar-refractivity contribution in [2.45, 2.75) is 116 Å². The SMILES string of the molecule is CCC1=Cc2c(-c3ccc(C(C)(C)C)cc3)ccc(C)c2[CH]1[Zr](=[SiH2])([CH2]C)([CH2]C)[CH]1C(C)=Cc2c(-c3ccc(C(C)(C)C)cc3)ccc(C)c21.Cl.Cl. The van der Waals surface area contributed by atoms with Crippen LogP contribution in [0.2, 0.25) is 8.26 Å². The minimum atomic E-state index is -3.82. The first-order valence-electron chi connectivity index (χ1n) is 18.9. The van der Waals surface area contributed by atoms with Gasteiger partial charge < -0.3 is 0 Å². The van der Waals surface area contributed by atoms with Crippen molar-refractivity contribution in [1.82, 2.24) is 0 Å². The van der Waals surface area contributed by atoms with Crippen LogP contribution in [0.15, 0.2) is 83.9 Å². The van der Waals surface area contributed by atoms with Gasteiger partial charge in [0, 0.05) is 0 Å². The molecule has 4 aromatic rings. The van der Waals surface area contributed by atoms with E-state index in [0.717, 1.165) is 6.42 Å². The predicted octanol–water partition coefficient (Wildman–Crippen LogP) is 14.2. The molecule has 0 saturated heterocycles. The molecule has 0 radical (unpaired) electrons. The fourth-order valence-corrected chi connectivity index (χ4v) is 33.8. The van der Waals surface area contributed by atoms with Gasteiger partial charge in [0.25, 0.3) is 0 Å². The molecule has 0 amide bonds. The van der Waals surface area contributed by atoms with Crippen LogP contribution in [0.1, 0.15) is 127 Å².